The SMILES string of the molecule is COCCN(CCC(=O)OC)c1ncc(Cl)cn1. The topological polar surface area (TPSA) is 64.5 Å². The summed E-state index contributed by atoms with van der Waals surface area (Å²) in [6.07, 6.45) is 3.30. The molecule has 0 aromatic carbocycles. The maximum Gasteiger partial charge on any atom is 0.307 e. The van der Waals surface area contributed by atoms with Crippen molar-refractivity contribution in [3.63, 3.8) is 0 Å². The average molecular weight is 274 g/mol. The highest BCUT2D eigenvalue weighted by Gasteiger charge is 2.11. The number of aromatic nitrogens is 2. The number of hydrogen-bond acceptors (Lipinski definition) is 6. The lowest BCUT2D eigenvalue weighted by atomic mass is 10.4. The molecule has 0 radical (unpaired) electrons. The molecule has 0 spiro atoms. The number of nitrogens with zero attached hydrogens (tertiary/aromatic N) is 3. The number of esters is 1. The van der Waals surface area contributed by atoms with E-state index in [4.69, 9.17) is 16.3 Å². The van der Waals surface area contributed by atoms with Crippen LogP contribution in [0.1, 0.15) is 6.42 Å². The second-order valence-corrected chi connectivity index (χ2v) is 3.94. The molecule has 0 saturated carbocycles. The van der Waals surface area contributed by atoms with Crippen molar-refractivity contribution in [2.75, 3.05) is 38.8 Å². The van der Waals surface area contributed by atoms with Gasteiger partial charge >= 0.3 is 5.97 Å². The number of carbonyl (C=O) groups excluding carboxylic acids is 1. The molecule has 0 amide bonds. The van der Waals surface area contributed by atoms with Gasteiger partial charge in [0.2, 0.25) is 5.95 Å². The van der Waals surface area contributed by atoms with Crippen molar-refractivity contribution >= 4 is 23.5 Å². The van der Waals surface area contributed by atoms with Crippen molar-refractivity contribution in [2.45, 2.75) is 6.42 Å². The fourth-order valence-corrected chi connectivity index (χ4v) is 1.41. The van der Waals surface area contributed by atoms with Gasteiger partial charge in [-0.2, -0.15) is 0 Å². The van der Waals surface area contributed by atoms with Crippen LogP contribution in [0.4, 0.5) is 5.95 Å². The molecule has 1 heterocycles. The molecular weight excluding hydrogens is 258 g/mol. The van der Waals surface area contributed by atoms with Gasteiger partial charge in [0.1, 0.15) is 0 Å². The van der Waals surface area contributed by atoms with E-state index in [9.17, 15) is 4.79 Å². The largest absolute Gasteiger partial charge is 0.469 e. The molecular formula is C11H16ClN3O3. The minimum absolute atomic E-state index is 0.270. The molecule has 0 bridgehead atoms. The molecule has 18 heavy (non-hydrogen) atoms. The molecule has 100 valence electrons. The van der Waals surface area contributed by atoms with Gasteiger partial charge in [0.05, 0.1) is 37.6 Å². The molecule has 0 saturated heterocycles. The highest BCUT2D eigenvalue weighted by molar-refractivity contribution is 6.30. The van der Waals surface area contributed by atoms with Crippen LogP contribution in [0, 0.1) is 0 Å². The second-order valence-electron chi connectivity index (χ2n) is 3.51. The molecule has 0 N–H and O–H groups in total. The average Bonchev–Trinajstić information content (AvgIpc) is 2.40. The Bertz CT molecular complexity index is 372. The maximum absolute atomic E-state index is 11.1. The summed E-state index contributed by atoms with van der Waals surface area (Å²) in [5.74, 6) is 0.242. The van der Waals surface area contributed by atoms with Gasteiger partial charge in [0.15, 0.2) is 0 Å². The lowest BCUT2D eigenvalue weighted by molar-refractivity contribution is -0.140. The van der Waals surface area contributed by atoms with Gasteiger partial charge in [0, 0.05) is 20.2 Å². The molecule has 7 heteroatoms. The van der Waals surface area contributed by atoms with E-state index in [1.54, 1.807) is 7.11 Å². The van der Waals surface area contributed by atoms with Gasteiger partial charge < -0.3 is 14.4 Å². The summed E-state index contributed by atoms with van der Waals surface area (Å²) in [4.78, 5) is 21.2. The predicted octanol–water partition coefficient (Wildman–Crippen LogP) is 1.15. The Hall–Kier alpha value is -1.40. The van der Waals surface area contributed by atoms with E-state index in [-0.39, 0.29) is 12.4 Å². The second kappa shape index (κ2) is 7.84. The fourth-order valence-electron chi connectivity index (χ4n) is 1.31. The molecule has 0 unspecified atom stereocenters. The Morgan fingerprint density at radius 2 is 2.00 bits per heavy atom. The Labute approximate surface area is 111 Å². The predicted molar refractivity (Wildman–Crippen MR) is 67.8 cm³/mol. The van der Waals surface area contributed by atoms with Gasteiger partial charge in [-0.05, 0) is 0 Å². The first-order valence-electron chi connectivity index (χ1n) is 5.45. The van der Waals surface area contributed by atoms with E-state index in [1.165, 1.54) is 19.5 Å². The van der Waals surface area contributed by atoms with Crippen LogP contribution in [-0.4, -0.2) is 49.9 Å². The lowest BCUT2D eigenvalue weighted by Gasteiger charge is -2.21. The van der Waals surface area contributed by atoms with Crippen molar-refractivity contribution in [3.8, 4) is 0 Å². The number of anilines is 1. The van der Waals surface area contributed by atoms with Crippen LogP contribution in [0.15, 0.2) is 12.4 Å². The molecule has 1 rings (SSSR count). The first-order valence-corrected chi connectivity index (χ1v) is 5.83. The molecule has 6 nitrogen and oxygen atoms in total. The van der Waals surface area contributed by atoms with Gasteiger partial charge in [-0.3, -0.25) is 4.79 Å². The number of methoxy groups -OCH3 is 2. The Morgan fingerprint density at radius 3 is 2.56 bits per heavy atom. The van der Waals surface area contributed by atoms with Gasteiger partial charge in [0.25, 0.3) is 0 Å². The van der Waals surface area contributed by atoms with Crippen LogP contribution in [0.2, 0.25) is 5.02 Å². The zero-order chi connectivity index (χ0) is 13.4. The van der Waals surface area contributed by atoms with Crippen molar-refractivity contribution in [3.05, 3.63) is 17.4 Å². The van der Waals surface area contributed by atoms with Crippen LogP contribution in [0.3, 0.4) is 0 Å². The summed E-state index contributed by atoms with van der Waals surface area (Å²) in [6, 6.07) is 0. The zero-order valence-electron chi connectivity index (χ0n) is 10.4. The first-order chi connectivity index (χ1) is 8.67. The summed E-state index contributed by atoms with van der Waals surface area (Å²) in [6.45, 7) is 1.58. The Morgan fingerprint density at radius 1 is 1.33 bits per heavy atom. The van der Waals surface area contributed by atoms with E-state index in [0.717, 1.165) is 0 Å². The maximum atomic E-state index is 11.1. The number of hydrogen-bond donors (Lipinski definition) is 0. The monoisotopic (exact) mass is 273 g/mol. The van der Waals surface area contributed by atoms with Crippen molar-refractivity contribution in [1.82, 2.24) is 9.97 Å². The number of carbonyl (C=O) groups is 1. The summed E-state index contributed by atoms with van der Waals surface area (Å²) in [5.41, 5.74) is 0. The van der Waals surface area contributed by atoms with E-state index in [0.29, 0.717) is 30.7 Å². The van der Waals surface area contributed by atoms with Gasteiger partial charge in [-0.25, -0.2) is 9.97 Å². The Kier molecular flexibility index (Phi) is 6.38. The van der Waals surface area contributed by atoms with Crippen molar-refractivity contribution in [2.24, 2.45) is 0 Å². The lowest BCUT2D eigenvalue weighted by Crippen LogP contribution is -2.31. The van der Waals surface area contributed by atoms with Crippen LogP contribution in [0.25, 0.3) is 0 Å². The van der Waals surface area contributed by atoms with E-state index < -0.39 is 0 Å². The van der Waals surface area contributed by atoms with Gasteiger partial charge in [-0.1, -0.05) is 11.6 Å². The molecule has 1 aromatic rings. The van der Waals surface area contributed by atoms with Crippen molar-refractivity contribution < 1.29 is 14.3 Å². The third kappa shape index (κ3) is 4.85. The summed E-state index contributed by atoms with van der Waals surface area (Å²) >= 11 is 5.73. The number of halogens is 1. The zero-order valence-corrected chi connectivity index (χ0v) is 11.2. The standard InChI is InChI=1S/C11H16ClN3O3/c1-17-6-5-15(4-3-10(16)18-2)11-13-7-9(12)8-14-11/h7-8H,3-6H2,1-2H3. The molecule has 0 atom stereocenters. The first kappa shape index (κ1) is 14.7. The summed E-state index contributed by atoms with van der Waals surface area (Å²) in [5, 5.41) is 0.471. The van der Waals surface area contributed by atoms with Crippen molar-refractivity contribution in [1.29, 1.82) is 0 Å². The van der Waals surface area contributed by atoms with Gasteiger partial charge in [-0.15, -0.1) is 0 Å². The smallest absolute Gasteiger partial charge is 0.307 e. The Balaban J connectivity index is 2.64. The summed E-state index contributed by atoms with van der Waals surface area (Å²) in [7, 11) is 2.97. The molecule has 0 aliphatic heterocycles. The highest BCUT2D eigenvalue weighted by atomic mass is 35.5. The molecule has 0 aliphatic rings. The minimum atomic E-state index is -0.272. The highest BCUT2D eigenvalue weighted by Crippen LogP contribution is 2.10. The van der Waals surface area contributed by atoms with Crippen LogP contribution in [-0.2, 0) is 14.3 Å². The van der Waals surface area contributed by atoms with Crippen LogP contribution in [0.5, 0.6) is 0 Å². The summed E-state index contributed by atoms with van der Waals surface area (Å²) < 4.78 is 9.61. The molecule has 0 fully saturated rings. The third-order valence-electron chi connectivity index (χ3n) is 2.27. The van der Waals surface area contributed by atoms with Crippen LogP contribution >= 0.6 is 11.6 Å². The molecule has 0 aliphatic carbocycles. The normalized spacial score (nSPS) is 10.2. The third-order valence-corrected chi connectivity index (χ3v) is 2.46. The fraction of sp³-hybridized carbons (Fsp3) is 0.545. The van der Waals surface area contributed by atoms with E-state index in [2.05, 4.69) is 14.7 Å². The minimum Gasteiger partial charge on any atom is -0.469 e. The number of rotatable bonds is 7. The quantitative estimate of drug-likeness (QED) is 0.695. The molecule has 1 aromatic heterocycles. The van der Waals surface area contributed by atoms with E-state index in [1.807, 2.05) is 4.90 Å². The van der Waals surface area contributed by atoms with Crippen LogP contribution < -0.4 is 4.90 Å². The van der Waals surface area contributed by atoms with E-state index >= 15 is 0 Å². The number of ether oxygens (including phenoxy) is 2.